The number of primary amides is 1. The Bertz CT molecular complexity index is 988. The summed E-state index contributed by atoms with van der Waals surface area (Å²) in [5, 5.41) is 2.86. The molecule has 23 heavy (non-hydrogen) atoms. The number of benzene rings is 2. The summed E-state index contributed by atoms with van der Waals surface area (Å²) in [6.45, 7) is 1.90. The lowest BCUT2D eigenvalue weighted by molar-refractivity contribution is -0.115. The zero-order chi connectivity index (χ0) is 16.1. The number of aromatic nitrogens is 2. The maximum atomic E-state index is 11.5. The number of amides is 2. The molecule has 4 rings (SSSR count). The Morgan fingerprint density at radius 1 is 1.26 bits per heavy atom. The third kappa shape index (κ3) is 2.07. The molecule has 6 nitrogen and oxygen atoms in total. The monoisotopic (exact) mass is 306 g/mol. The molecule has 0 bridgehead atoms. The number of nitrogens with one attached hydrogen (secondary N) is 1. The lowest BCUT2D eigenvalue weighted by Gasteiger charge is -2.09. The molecule has 0 aliphatic carbocycles. The van der Waals surface area contributed by atoms with Gasteiger partial charge in [-0.25, -0.2) is 4.98 Å². The molecule has 1 aliphatic heterocycles. The van der Waals surface area contributed by atoms with E-state index in [1.807, 2.05) is 35.8 Å². The lowest BCUT2D eigenvalue weighted by atomic mass is 10.1. The van der Waals surface area contributed by atoms with Gasteiger partial charge in [0.2, 0.25) is 11.8 Å². The minimum atomic E-state index is -0.473. The second-order valence-electron chi connectivity index (χ2n) is 5.63. The lowest BCUT2D eigenvalue weighted by Crippen LogP contribution is -2.10. The highest BCUT2D eigenvalue weighted by molar-refractivity contribution is 6.00. The summed E-state index contributed by atoms with van der Waals surface area (Å²) in [7, 11) is 0. The Morgan fingerprint density at radius 3 is 2.87 bits per heavy atom. The van der Waals surface area contributed by atoms with Crippen LogP contribution in [0.3, 0.4) is 0 Å². The molecular weight excluding hydrogens is 292 g/mol. The topological polar surface area (TPSA) is 90.0 Å². The predicted octanol–water partition coefficient (Wildman–Crippen LogP) is 1.93. The number of nitrogens with two attached hydrogens (primary N) is 1. The average molecular weight is 306 g/mol. The Labute approximate surface area is 131 Å². The first kappa shape index (κ1) is 13.5. The van der Waals surface area contributed by atoms with Crippen LogP contribution in [0.5, 0.6) is 0 Å². The van der Waals surface area contributed by atoms with Crippen LogP contribution in [0.2, 0.25) is 0 Å². The molecule has 0 radical (unpaired) electrons. The minimum absolute atomic E-state index is 0.00969. The van der Waals surface area contributed by atoms with Crippen molar-refractivity contribution in [2.24, 2.45) is 5.73 Å². The zero-order valence-corrected chi connectivity index (χ0v) is 12.5. The molecule has 3 aromatic rings. The van der Waals surface area contributed by atoms with Crippen molar-refractivity contribution in [1.82, 2.24) is 9.55 Å². The van der Waals surface area contributed by atoms with Crippen LogP contribution < -0.4 is 11.1 Å². The van der Waals surface area contributed by atoms with Crippen molar-refractivity contribution in [3.05, 3.63) is 53.3 Å². The summed E-state index contributed by atoms with van der Waals surface area (Å²) in [6.07, 6.45) is 0.418. The van der Waals surface area contributed by atoms with Gasteiger partial charge in [0.15, 0.2) is 0 Å². The normalized spacial score (nSPS) is 13.2. The van der Waals surface area contributed by atoms with Gasteiger partial charge in [-0.1, -0.05) is 6.07 Å². The number of hydrogen-bond donors (Lipinski definition) is 2. The van der Waals surface area contributed by atoms with E-state index in [1.54, 1.807) is 12.1 Å². The molecule has 0 saturated heterocycles. The molecule has 2 amide bonds. The summed E-state index contributed by atoms with van der Waals surface area (Å²) in [5.41, 5.74) is 10.1. The van der Waals surface area contributed by atoms with Crippen LogP contribution in [0, 0.1) is 6.92 Å². The van der Waals surface area contributed by atoms with Crippen molar-refractivity contribution in [2.75, 3.05) is 5.32 Å². The quantitative estimate of drug-likeness (QED) is 0.758. The second kappa shape index (κ2) is 4.67. The van der Waals surface area contributed by atoms with E-state index < -0.39 is 5.91 Å². The smallest absolute Gasteiger partial charge is 0.248 e. The van der Waals surface area contributed by atoms with Crippen LogP contribution in [0.4, 0.5) is 5.69 Å². The van der Waals surface area contributed by atoms with E-state index in [0.717, 1.165) is 28.3 Å². The first-order chi connectivity index (χ1) is 11.0. The van der Waals surface area contributed by atoms with E-state index in [2.05, 4.69) is 10.3 Å². The number of rotatable bonds is 2. The van der Waals surface area contributed by atoms with E-state index in [9.17, 15) is 9.59 Å². The highest BCUT2D eigenvalue weighted by Crippen LogP contribution is 2.28. The van der Waals surface area contributed by atoms with Gasteiger partial charge in [0.05, 0.1) is 17.5 Å². The Hall–Kier alpha value is -3.15. The third-order valence-corrected chi connectivity index (χ3v) is 4.08. The number of fused-ring (bicyclic) bond motifs is 2. The van der Waals surface area contributed by atoms with Crippen LogP contribution in [-0.2, 0) is 11.2 Å². The standard InChI is InChI=1S/C17H14N4O2/c1-9-19-14-6-11(17(18)23)3-5-15(14)21(9)12-4-2-10-7-16(22)20-13(10)8-12/h2-6,8H,7H2,1H3,(H2,18,23)(H,20,22). The van der Waals surface area contributed by atoms with Gasteiger partial charge in [0.1, 0.15) is 5.82 Å². The molecule has 0 spiro atoms. The van der Waals surface area contributed by atoms with Crippen LogP contribution >= 0.6 is 0 Å². The van der Waals surface area contributed by atoms with Gasteiger partial charge in [-0.3, -0.25) is 14.2 Å². The fraction of sp³-hybridized carbons (Fsp3) is 0.118. The largest absolute Gasteiger partial charge is 0.366 e. The number of aryl methyl sites for hydroxylation is 1. The van der Waals surface area contributed by atoms with E-state index in [0.29, 0.717) is 17.5 Å². The van der Waals surface area contributed by atoms with Gasteiger partial charge in [-0.05, 0) is 42.8 Å². The first-order valence-electron chi connectivity index (χ1n) is 7.25. The van der Waals surface area contributed by atoms with Gasteiger partial charge in [-0.15, -0.1) is 0 Å². The highest BCUT2D eigenvalue weighted by atomic mass is 16.2. The van der Waals surface area contributed by atoms with Crippen molar-refractivity contribution in [2.45, 2.75) is 13.3 Å². The number of carbonyl (C=O) groups is 2. The van der Waals surface area contributed by atoms with Crippen LogP contribution in [0.1, 0.15) is 21.7 Å². The van der Waals surface area contributed by atoms with Crippen molar-refractivity contribution >= 4 is 28.5 Å². The first-order valence-corrected chi connectivity index (χ1v) is 7.25. The number of nitrogens with zero attached hydrogens (tertiary/aromatic N) is 2. The average Bonchev–Trinajstić information content (AvgIpc) is 3.03. The fourth-order valence-corrected chi connectivity index (χ4v) is 3.02. The van der Waals surface area contributed by atoms with E-state index in [-0.39, 0.29) is 5.91 Å². The highest BCUT2D eigenvalue weighted by Gasteiger charge is 2.19. The van der Waals surface area contributed by atoms with E-state index in [4.69, 9.17) is 5.73 Å². The molecule has 1 aromatic heterocycles. The van der Waals surface area contributed by atoms with Crippen molar-refractivity contribution in [3.8, 4) is 5.69 Å². The minimum Gasteiger partial charge on any atom is -0.366 e. The predicted molar refractivity (Wildman–Crippen MR) is 86.7 cm³/mol. The molecule has 2 aromatic carbocycles. The Morgan fingerprint density at radius 2 is 2.09 bits per heavy atom. The third-order valence-electron chi connectivity index (χ3n) is 4.08. The van der Waals surface area contributed by atoms with Gasteiger partial charge in [0.25, 0.3) is 0 Å². The summed E-state index contributed by atoms with van der Waals surface area (Å²) < 4.78 is 1.99. The summed E-state index contributed by atoms with van der Waals surface area (Å²) in [6, 6.07) is 11.1. The summed E-state index contributed by atoms with van der Waals surface area (Å²) in [4.78, 5) is 27.3. The molecular formula is C17H14N4O2. The van der Waals surface area contributed by atoms with Crippen LogP contribution in [-0.4, -0.2) is 21.4 Å². The van der Waals surface area contributed by atoms with Gasteiger partial charge >= 0.3 is 0 Å². The molecule has 3 N–H and O–H groups in total. The molecule has 114 valence electrons. The molecule has 0 atom stereocenters. The van der Waals surface area contributed by atoms with Crippen molar-refractivity contribution in [1.29, 1.82) is 0 Å². The molecule has 2 heterocycles. The number of anilines is 1. The Balaban J connectivity index is 1.89. The Kier molecular flexibility index (Phi) is 2.74. The van der Waals surface area contributed by atoms with Crippen molar-refractivity contribution < 1.29 is 9.59 Å². The SMILES string of the molecule is Cc1nc2cc(C(N)=O)ccc2n1-c1ccc2c(c1)NC(=O)C2. The number of carbonyl (C=O) groups excluding carboxylic acids is 2. The zero-order valence-electron chi connectivity index (χ0n) is 12.5. The molecule has 6 heteroatoms. The van der Waals surface area contributed by atoms with E-state index >= 15 is 0 Å². The fourth-order valence-electron chi connectivity index (χ4n) is 3.02. The van der Waals surface area contributed by atoms with Crippen LogP contribution in [0.15, 0.2) is 36.4 Å². The summed E-state index contributed by atoms with van der Waals surface area (Å²) >= 11 is 0. The van der Waals surface area contributed by atoms with Gasteiger partial charge < -0.3 is 11.1 Å². The number of hydrogen-bond acceptors (Lipinski definition) is 3. The maximum Gasteiger partial charge on any atom is 0.248 e. The maximum absolute atomic E-state index is 11.5. The second-order valence-corrected chi connectivity index (χ2v) is 5.63. The van der Waals surface area contributed by atoms with Crippen molar-refractivity contribution in [3.63, 3.8) is 0 Å². The molecule has 0 fully saturated rings. The molecule has 0 saturated carbocycles. The van der Waals surface area contributed by atoms with Gasteiger partial charge in [-0.2, -0.15) is 0 Å². The number of imidazole rings is 1. The van der Waals surface area contributed by atoms with Crippen LogP contribution in [0.25, 0.3) is 16.7 Å². The molecule has 1 aliphatic rings. The molecule has 0 unspecified atom stereocenters. The summed E-state index contributed by atoms with van der Waals surface area (Å²) in [5.74, 6) is 0.334. The van der Waals surface area contributed by atoms with E-state index in [1.165, 1.54) is 0 Å². The van der Waals surface area contributed by atoms with Gasteiger partial charge in [0, 0.05) is 16.9 Å².